The fourth-order valence-electron chi connectivity index (χ4n) is 5.37. The average molecular weight is 487 g/mol. The largest absolute Gasteiger partial charge is 0.496 e. The molecule has 0 unspecified atom stereocenters. The van der Waals surface area contributed by atoms with Gasteiger partial charge in [-0.15, -0.1) is 0 Å². The standard InChI is InChI=1S/C28H33F3N2O2/c1-35-26-5-3-2-4-25(26)21-16-18-33(19-17-21)24-13-11-23(12-14-24)32-27(34)15-8-20-6-9-22(10-7-20)28(29,30)31/h2-10,15,21,23-24H,11-14,16-19H2,1H3,(H,32,34)/b15-8+. The third kappa shape index (κ3) is 6.66. The first-order valence-electron chi connectivity index (χ1n) is 12.4. The molecule has 2 aromatic carbocycles. The zero-order valence-electron chi connectivity index (χ0n) is 20.1. The van der Waals surface area contributed by atoms with Gasteiger partial charge in [-0.05, 0) is 92.9 Å². The van der Waals surface area contributed by atoms with Gasteiger partial charge in [0.15, 0.2) is 0 Å². The Kier molecular flexibility index (Phi) is 8.16. The van der Waals surface area contributed by atoms with Gasteiger partial charge in [0.2, 0.25) is 5.91 Å². The van der Waals surface area contributed by atoms with Crippen molar-refractivity contribution < 1.29 is 22.7 Å². The van der Waals surface area contributed by atoms with E-state index < -0.39 is 11.7 Å². The number of likely N-dealkylation sites (tertiary alicyclic amines) is 1. The van der Waals surface area contributed by atoms with E-state index in [1.165, 1.54) is 23.8 Å². The van der Waals surface area contributed by atoms with Crippen LogP contribution in [0.3, 0.4) is 0 Å². The molecule has 1 amide bonds. The van der Waals surface area contributed by atoms with Crippen molar-refractivity contribution in [3.63, 3.8) is 0 Å². The highest BCUT2D eigenvalue weighted by Gasteiger charge is 2.31. The van der Waals surface area contributed by atoms with Crippen LogP contribution in [0.15, 0.2) is 54.6 Å². The summed E-state index contributed by atoms with van der Waals surface area (Å²) in [7, 11) is 1.73. The van der Waals surface area contributed by atoms with Crippen LogP contribution >= 0.6 is 0 Å². The van der Waals surface area contributed by atoms with E-state index in [0.29, 0.717) is 17.5 Å². The molecular formula is C28H33F3N2O2. The fourth-order valence-corrected chi connectivity index (χ4v) is 5.37. The number of nitrogens with zero attached hydrogens (tertiary/aromatic N) is 1. The number of para-hydroxylation sites is 1. The molecule has 1 N–H and O–H groups in total. The molecule has 4 rings (SSSR count). The van der Waals surface area contributed by atoms with Crippen LogP contribution in [-0.2, 0) is 11.0 Å². The second kappa shape index (κ2) is 11.3. The number of amides is 1. The number of halogens is 3. The normalized spacial score (nSPS) is 22.3. The number of rotatable bonds is 6. The highest BCUT2D eigenvalue weighted by atomic mass is 19.4. The molecule has 1 aliphatic carbocycles. The molecule has 2 aromatic rings. The van der Waals surface area contributed by atoms with E-state index in [0.717, 1.165) is 69.5 Å². The first kappa shape index (κ1) is 25.3. The number of carbonyl (C=O) groups is 1. The Bertz CT molecular complexity index is 1000. The Morgan fingerprint density at radius 3 is 2.26 bits per heavy atom. The van der Waals surface area contributed by atoms with E-state index in [1.54, 1.807) is 13.2 Å². The Hall–Kier alpha value is -2.80. The van der Waals surface area contributed by atoms with Gasteiger partial charge in [0.1, 0.15) is 5.75 Å². The molecule has 0 radical (unpaired) electrons. The van der Waals surface area contributed by atoms with Crippen LogP contribution in [0.1, 0.15) is 61.1 Å². The van der Waals surface area contributed by atoms with Gasteiger partial charge in [0, 0.05) is 18.2 Å². The SMILES string of the molecule is COc1ccccc1C1CCN(C2CCC(NC(=O)/C=C/c3ccc(C(F)(F)F)cc3)CC2)CC1. The van der Waals surface area contributed by atoms with Crippen molar-refractivity contribution in [2.45, 2.75) is 62.7 Å². The number of alkyl halides is 3. The molecule has 188 valence electrons. The molecule has 7 heteroatoms. The third-order valence-electron chi connectivity index (χ3n) is 7.33. The Balaban J connectivity index is 1.20. The van der Waals surface area contributed by atoms with Crippen molar-refractivity contribution >= 4 is 12.0 Å². The van der Waals surface area contributed by atoms with Crippen molar-refractivity contribution in [1.82, 2.24) is 10.2 Å². The van der Waals surface area contributed by atoms with Gasteiger partial charge in [-0.3, -0.25) is 4.79 Å². The van der Waals surface area contributed by atoms with E-state index in [2.05, 4.69) is 22.3 Å². The second-order valence-electron chi connectivity index (χ2n) is 9.52. The van der Waals surface area contributed by atoms with Crippen LogP contribution < -0.4 is 10.1 Å². The zero-order valence-corrected chi connectivity index (χ0v) is 20.1. The quantitative estimate of drug-likeness (QED) is 0.507. The van der Waals surface area contributed by atoms with E-state index >= 15 is 0 Å². The number of ether oxygens (including phenoxy) is 1. The first-order chi connectivity index (χ1) is 16.8. The summed E-state index contributed by atoms with van der Waals surface area (Å²) in [6.07, 6.45) is 4.86. The highest BCUT2D eigenvalue weighted by molar-refractivity contribution is 5.91. The van der Waals surface area contributed by atoms with E-state index in [1.807, 2.05) is 12.1 Å². The van der Waals surface area contributed by atoms with Gasteiger partial charge in [0.05, 0.1) is 12.7 Å². The Morgan fingerprint density at radius 1 is 0.971 bits per heavy atom. The maximum Gasteiger partial charge on any atom is 0.416 e. The number of carbonyl (C=O) groups excluding carboxylic acids is 1. The summed E-state index contributed by atoms with van der Waals surface area (Å²) in [4.78, 5) is 14.9. The molecule has 1 saturated heterocycles. The molecule has 1 saturated carbocycles. The molecular weight excluding hydrogens is 453 g/mol. The number of nitrogens with one attached hydrogen (secondary N) is 1. The zero-order chi connectivity index (χ0) is 24.8. The predicted molar refractivity (Wildman–Crippen MR) is 131 cm³/mol. The minimum atomic E-state index is -4.36. The topological polar surface area (TPSA) is 41.6 Å². The molecule has 0 spiro atoms. The summed E-state index contributed by atoms with van der Waals surface area (Å²) in [6.45, 7) is 2.17. The molecule has 0 aromatic heterocycles. The lowest BCUT2D eigenvalue weighted by atomic mass is 9.85. The molecule has 2 aliphatic rings. The monoisotopic (exact) mass is 486 g/mol. The molecule has 1 heterocycles. The van der Waals surface area contributed by atoms with Gasteiger partial charge < -0.3 is 15.0 Å². The lowest BCUT2D eigenvalue weighted by molar-refractivity contribution is -0.137. The van der Waals surface area contributed by atoms with Crippen molar-refractivity contribution in [3.05, 3.63) is 71.3 Å². The summed E-state index contributed by atoms with van der Waals surface area (Å²) in [6, 6.07) is 13.8. The number of hydrogen-bond donors (Lipinski definition) is 1. The van der Waals surface area contributed by atoms with Gasteiger partial charge >= 0.3 is 6.18 Å². The van der Waals surface area contributed by atoms with E-state index in [-0.39, 0.29) is 11.9 Å². The fraction of sp³-hybridized carbons (Fsp3) is 0.464. The molecule has 2 fully saturated rings. The molecule has 0 bridgehead atoms. The van der Waals surface area contributed by atoms with Crippen LogP contribution in [0.4, 0.5) is 13.2 Å². The summed E-state index contributed by atoms with van der Waals surface area (Å²) < 4.78 is 43.5. The van der Waals surface area contributed by atoms with Crippen molar-refractivity contribution in [1.29, 1.82) is 0 Å². The summed E-state index contributed by atoms with van der Waals surface area (Å²) in [5.41, 5.74) is 1.18. The molecule has 4 nitrogen and oxygen atoms in total. The molecule has 0 atom stereocenters. The Labute approximate surface area is 205 Å². The Morgan fingerprint density at radius 2 is 1.63 bits per heavy atom. The first-order valence-corrected chi connectivity index (χ1v) is 12.4. The highest BCUT2D eigenvalue weighted by Crippen LogP contribution is 2.36. The van der Waals surface area contributed by atoms with Crippen LogP contribution in [0.2, 0.25) is 0 Å². The minimum absolute atomic E-state index is 0.141. The summed E-state index contributed by atoms with van der Waals surface area (Å²) in [5.74, 6) is 1.31. The van der Waals surface area contributed by atoms with Crippen molar-refractivity contribution in [2.24, 2.45) is 0 Å². The van der Waals surface area contributed by atoms with Gasteiger partial charge in [-0.2, -0.15) is 13.2 Å². The average Bonchev–Trinajstić information content (AvgIpc) is 2.88. The lowest BCUT2D eigenvalue weighted by Crippen LogP contribution is -2.46. The van der Waals surface area contributed by atoms with Crippen LogP contribution in [0, 0.1) is 0 Å². The van der Waals surface area contributed by atoms with Crippen molar-refractivity contribution in [2.75, 3.05) is 20.2 Å². The lowest BCUT2D eigenvalue weighted by Gasteiger charge is -2.41. The number of methoxy groups -OCH3 is 1. The van der Waals surface area contributed by atoms with Crippen LogP contribution in [0.5, 0.6) is 5.75 Å². The molecule has 1 aliphatic heterocycles. The van der Waals surface area contributed by atoms with E-state index in [4.69, 9.17) is 4.74 Å². The molecule has 35 heavy (non-hydrogen) atoms. The summed E-state index contributed by atoms with van der Waals surface area (Å²) in [5, 5.41) is 3.05. The third-order valence-corrected chi connectivity index (χ3v) is 7.33. The van der Waals surface area contributed by atoms with Gasteiger partial charge in [0.25, 0.3) is 0 Å². The maximum absolute atomic E-state index is 12.7. The van der Waals surface area contributed by atoms with Gasteiger partial charge in [-0.1, -0.05) is 30.3 Å². The number of piperidine rings is 1. The van der Waals surface area contributed by atoms with E-state index in [9.17, 15) is 18.0 Å². The van der Waals surface area contributed by atoms with Gasteiger partial charge in [-0.25, -0.2) is 0 Å². The predicted octanol–water partition coefficient (Wildman–Crippen LogP) is 6.03. The maximum atomic E-state index is 12.7. The smallest absolute Gasteiger partial charge is 0.416 e. The minimum Gasteiger partial charge on any atom is -0.496 e. The van der Waals surface area contributed by atoms with Crippen LogP contribution in [-0.4, -0.2) is 43.1 Å². The number of hydrogen-bond acceptors (Lipinski definition) is 3. The van der Waals surface area contributed by atoms with Crippen LogP contribution in [0.25, 0.3) is 6.08 Å². The summed E-state index contributed by atoms with van der Waals surface area (Å²) >= 11 is 0. The second-order valence-corrected chi connectivity index (χ2v) is 9.52. The number of benzene rings is 2. The van der Waals surface area contributed by atoms with Crippen molar-refractivity contribution in [3.8, 4) is 5.75 Å².